The zero-order chi connectivity index (χ0) is 22.5. The number of carbonyl (C=O) groups is 1. The second-order valence-corrected chi connectivity index (χ2v) is 9.68. The number of Topliss-reactive ketones (excluding diaryl/α,β-unsaturated/α-hetero) is 1. The summed E-state index contributed by atoms with van der Waals surface area (Å²) in [6, 6.07) is 16.6. The molecule has 4 nitrogen and oxygen atoms in total. The van der Waals surface area contributed by atoms with Crippen molar-refractivity contribution in [3.63, 3.8) is 0 Å². The van der Waals surface area contributed by atoms with E-state index in [0.29, 0.717) is 17.8 Å². The first-order chi connectivity index (χ1) is 14.6. The van der Waals surface area contributed by atoms with Gasteiger partial charge in [0.25, 0.3) is 0 Å². The quantitative estimate of drug-likeness (QED) is 0.703. The Balaban J connectivity index is 2.01. The SMILES string of the molecule is Cc1ccc(N2C(N)=C(C#N)C(c3ccc(C)cc3C)C3=C2CC(C)(C)CC3=O)cc1. The third-order valence-electron chi connectivity index (χ3n) is 6.41. The molecule has 4 rings (SSSR count). The third-order valence-corrected chi connectivity index (χ3v) is 6.41. The van der Waals surface area contributed by atoms with E-state index in [1.165, 1.54) is 0 Å². The van der Waals surface area contributed by atoms with Gasteiger partial charge >= 0.3 is 0 Å². The lowest BCUT2D eigenvalue weighted by Gasteiger charge is -2.44. The molecule has 2 aromatic rings. The molecule has 2 aromatic carbocycles. The van der Waals surface area contributed by atoms with Gasteiger partial charge in [-0.15, -0.1) is 0 Å². The van der Waals surface area contributed by atoms with E-state index in [4.69, 9.17) is 5.73 Å². The fourth-order valence-corrected chi connectivity index (χ4v) is 4.96. The Hall–Kier alpha value is -3.32. The molecule has 1 atom stereocenters. The maximum Gasteiger partial charge on any atom is 0.162 e. The molecule has 158 valence electrons. The number of carbonyl (C=O) groups excluding carboxylic acids is 1. The van der Waals surface area contributed by atoms with Crippen LogP contribution in [0.4, 0.5) is 5.69 Å². The first kappa shape index (κ1) is 20.9. The number of allylic oxidation sites excluding steroid dienone is 3. The number of rotatable bonds is 2. The summed E-state index contributed by atoms with van der Waals surface area (Å²) in [5.41, 5.74) is 13.8. The first-order valence-electron chi connectivity index (χ1n) is 10.7. The Morgan fingerprint density at radius 2 is 1.68 bits per heavy atom. The van der Waals surface area contributed by atoms with E-state index in [-0.39, 0.29) is 11.2 Å². The topological polar surface area (TPSA) is 70.1 Å². The molecule has 0 fully saturated rings. The predicted octanol–water partition coefficient (Wildman–Crippen LogP) is 5.55. The normalized spacial score (nSPS) is 20.6. The van der Waals surface area contributed by atoms with E-state index in [1.54, 1.807) is 0 Å². The van der Waals surface area contributed by atoms with Crippen molar-refractivity contribution in [1.29, 1.82) is 5.26 Å². The summed E-state index contributed by atoms with van der Waals surface area (Å²) >= 11 is 0. The Labute approximate surface area is 184 Å². The summed E-state index contributed by atoms with van der Waals surface area (Å²) in [4.78, 5) is 15.5. The van der Waals surface area contributed by atoms with Gasteiger partial charge in [0.15, 0.2) is 5.78 Å². The maximum absolute atomic E-state index is 13.5. The molecule has 1 unspecified atom stereocenters. The van der Waals surface area contributed by atoms with Crippen LogP contribution in [-0.4, -0.2) is 5.78 Å². The third kappa shape index (κ3) is 3.55. The van der Waals surface area contributed by atoms with Crippen molar-refractivity contribution >= 4 is 11.5 Å². The van der Waals surface area contributed by atoms with Crippen molar-refractivity contribution in [2.45, 2.75) is 53.4 Å². The van der Waals surface area contributed by atoms with Crippen LogP contribution in [0.25, 0.3) is 0 Å². The number of hydrogen-bond donors (Lipinski definition) is 1. The number of ketones is 1. The summed E-state index contributed by atoms with van der Waals surface area (Å²) in [6.45, 7) is 10.4. The minimum atomic E-state index is -0.425. The van der Waals surface area contributed by atoms with Crippen LogP contribution in [0.1, 0.15) is 54.9 Å². The van der Waals surface area contributed by atoms with Crippen molar-refractivity contribution in [2.75, 3.05) is 4.90 Å². The highest BCUT2D eigenvalue weighted by atomic mass is 16.1. The van der Waals surface area contributed by atoms with E-state index in [2.05, 4.69) is 26.0 Å². The molecular formula is C27H29N3O. The van der Waals surface area contributed by atoms with Crippen molar-refractivity contribution < 1.29 is 4.79 Å². The lowest BCUT2D eigenvalue weighted by Crippen LogP contribution is -2.42. The number of benzene rings is 2. The van der Waals surface area contributed by atoms with Gasteiger partial charge in [0.2, 0.25) is 0 Å². The number of aryl methyl sites for hydroxylation is 3. The fourth-order valence-electron chi connectivity index (χ4n) is 4.96. The van der Waals surface area contributed by atoms with Crippen LogP contribution in [0.5, 0.6) is 0 Å². The maximum atomic E-state index is 13.5. The van der Waals surface area contributed by atoms with Crippen molar-refractivity contribution in [3.05, 3.63) is 87.4 Å². The van der Waals surface area contributed by atoms with Gasteiger partial charge in [0.05, 0.1) is 17.6 Å². The monoisotopic (exact) mass is 411 g/mol. The molecule has 1 heterocycles. The molecule has 2 N–H and O–H groups in total. The largest absolute Gasteiger partial charge is 0.384 e. The van der Waals surface area contributed by atoms with E-state index in [9.17, 15) is 10.1 Å². The number of anilines is 1. The average molecular weight is 412 g/mol. The lowest BCUT2D eigenvalue weighted by atomic mass is 9.68. The molecular weight excluding hydrogens is 382 g/mol. The van der Waals surface area contributed by atoms with Gasteiger partial charge in [-0.3, -0.25) is 9.69 Å². The Bertz CT molecular complexity index is 1180. The van der Waals surface area contributed by atoms with Crippen LogP contribution in [0.15, 0.2) is 65.1 Å². The molecule has 0 spiro atoms. The van der Waals surface area contributed by atoms with Gasteiger partial charge in [-0.2, -0.15) is 5.26 Å². The van der Waals surface area contributed by atoms with Crippen molar-refractivity contribution in [2.24, 2.45) is 11.1 Å². The second kappa shape index (κ2) is 7.42. The number of nitrogens with zero attached hydrogens (tertiary/aromatic N) is 2. The van der Waals surface area contributed by atoms with Crippen molar-refractivity contribution in [3.8, 4) is 6.07 Å². The van der Waals surface area contributed by atoms with Crippen LogP contribution in [-0.2, 0) is 4.79 Å². The molecule has 0 radical (unpaired) electrons. The van der Waals surface area contributed by atoms with E-state index < -0.39 is 5.92 Å². The summed E-state index contributed by atoms with van der Waals surface area (Å²) < 4.78 is 0. The summed E-state index contributed by atoms with van der Waals surface area (Å²) in [6.07, 6.45) is 1.19. The van der Waals surface area contributed by atoms with Gasteiger partial charge in [-0.05, 0) is 55.9 Å². The minimum absolute atomic E-state index is 0.105. The van der Waals surface area contributed by atoms with Gasteiger partial charge in [-0.1, -0.05) is 55.3 Å². The van der Waals surface area contributed by atoms with E-state index in [1.807, 2.05) is 62.1 Å². The van der Waals surface area contributed by atoms with Gasteiger partial charge < -0.3 is 5.73 Å². The first-order valence-corrected chi connectivity index (χ1v) is 10.7. The van der Waals surface area contributed by atoms with Gasteiger partial charge in [-0.25, -0.2) is 0 Å². The standard InChI is InChI=1S/C27H29N3O/c1-16-6-9-19(10-7-16)30-22-13-27(4,5)14-23(31)25(22)24(21(15-28)26(30)29)20-11-8-17(2)12-18(20)3/h6-12,24H,13-14,29H2,1-5H3. The van der Waals surface area contributed by atoms with Crippen molar-refractivity contribution in [1.82, 2.24) is 0 Å². The van der Waals surface area contributed by atoms with Gasteiger partial charge in [0.1, 0.15) is 5.82 Å². The molecule has 1 aliphatic carbocycles. The van der Waals surface area contributed by atoms with E-state index >= 15 is 0 Å². The van der Waals surface area contributed by atoms with Crippen LogP contribution in [0, 0.1) is 37.5 Å². The van der Waals surface area contributed by atoms with E-state index in [0.717, 1.165) is 45.6 Å². The second-order valence-electron chi connectivity index (χ2n) is 9.68. The van der Waals surface area contributed by atoms with Crippen LogP contribution in [0.3, 0.4) is 0 Å². The van der Waals surface area contributed by atoms with Gasteiger partial charge in [0, 0.05) is 23.4 Å². The Morgan fingerprint density at radius 3 is 2.29 bits per heavy atom. The molecule has 2 aliphatic rings. The highest BCUT2D eigenvalue weighted by Gasteiger charge is 2.44. The average Bonchev–Trinajstić information content (AvgIpc) is 2.67. The zero-order valence-corrected chi connectivity index (χ0v) is 18.9. The smallest absolute Gasteiger partial charge is 0.162 e. The number of nitrogens with two attached hydrogens (primary N) is 1. The number of nitriles is 1. The zero-order valence-electron chi connectivity index (χ0n) is 18.9. The molecule has 0 saturated heterocycles. The number of hydrogen-bond acceptors (Lipinski definition) is 4. The lowest BCUT2D eigenvalue weighted by molar-refractivity contribution is -0.118. The minimum Gasteiger partial charge on any atom is -0.384 e. The molecule has 31 heavy (non-hydrogen) atoms. The summed E-state index contributed by atoms with van der Waals surface area (Å²) in [7, 11) is 0. The summed E-state index contributed by atoms with van der Waals surface area (Å²) in [5, 5.41) is 10.2. The molecule has 1 aliphatic heterocycles. The molecule has 0 saturated carbocycles. The molecule has 4 heteroatoms. The Morgan fingerprint density at radius 1 is 1.03 bits per heavy atom. The highest BCUT2D eigenvalue weighted by molar-refractivity contribution is 6.01. The predicted molar refractivity (Wildman–Crippen MR) is 124 cm³/mol. The molecule has 0 aromatic heterocycles. The highest BCUT2D eigenvalue weighted by Crippen LogP contribution is 2.50. The van der Waals surface area contributed by atoms with Crippen LogP contribution in [0.2, 0.25) is 0 Å². The van der Waals surface area contributed by atoms with Crippen LogP contribution < -0.4 is 10.6 Å². The van der Waals surface area contributed by atoms with Crippen LogP contribution >= 0.6 is 0 Å². The summed E-state index contributed by atoms with van der Waals surface area (Å²) in [5.74, 6) is 0.0973. The Kier molecular flexibility index (Phi) is 5.01. The molecule has 0 bridgehead atoms. The fraction of sp³-hybridized carbons (Fsp3) is 0.333. The molecule has 0 amide bonds.